The SMILES string of the molecule is CCCC[C@]1(c2ccc(F)cc2)NC(=O)N(CC(=O)C(C)(C)C)C1=O. The average Bonchev–Trinajstić information content (AvgIpc) is 2.78. The molecule has 1 atom stereocenters. The number of halogens is 1. The Hall–Kier alpha value is -2.24. The van der Waals surface area contributed by atoms with Crippen LogP contribution in [0.3, 0.4) is 0 Å². The zero-order chi connectivity index (χ0) is 18.8. The summed E-state index contributed by atoms with van der Waals surface area (Å²) in [6, 6.07) is 4.98. The molecule has 0 unspecified atom stereocenters. The van der Waals surface area contributed by atoms with Crippen LogP contribution in [0.25, 0.3) is 0 Å². The van der Waals surface area contributed by atoms with E-state index in [0.717, 1.165) is 11.3 Å². The molecule has 1 heterocycles. The van der Waals surface area contributed by atoms with E-state index in [1.165, 1.54) is 24.3 Å². The van der Waals surface area contributed by atoms with Crippen LogP contribution in [0.15, 0.2) is 24.3 Å². The van der Waals surface area contributed by atoms with E-state index in [0.29, 0.717) is 18.4 Å². The standard InChI is InChI=1S/C19H25FN2O3/c1-5-6-11-19(13-7-9-14(20)10-8-13)16(24)22(17(25)21-19)12-15(23)18(2,3)4/h7-10H,5-6,11-12H2,1-4H3,(H,21,25)/t19-/m1/s1. The van der Waals surface area contributed by atoms with Gasteiger partial charge < -0.3 is 5.32 Å². The molecule has 1 aliphatic rings. The Bertz CT molecular complexity index is 679. The molecule has 1 aromatic rings. The molecule has 1 N–H and O–H groups in total. The Morgan fingerprint density at radius 1 is 1.20 bits per heavy atom. The largest absolute Gasteiger partial charge is 0.325 e. The van der Waals surface area contributed by atoms with E-state index in [1.54, 1.807) is 20.8 Å². The van der Waals surface area contributed by atoms with E-state index >= 15 is 0 Å². The Balaban J connectivity index is 2.38. The van der Waals surface area contributed by atoms with Gasteiger partial charge in [0.2, 0.25) is 0 Å². The molecule has 0 aliphatic carbocycles. The lowest BCUT2D eigenvalue weighted by Gasteiger charge is -2.27. The van der Waals surface area contributed by atoms with Crippen molar-refractivity contribution in [3.63, 3.8) is 0 Å². The third-order valence-corrected chi connectivity index (χ3v) is 4.56. The maximum atomic E-state index is 13.3. The Kier molecular flexibility index (Phi) is 5.30. The van der Waals surface area contributed by atoms with Gasteiger partial charge in [-0.15, -0.1) is 0 Å². The molecule has 0 spiro atoms. The molecule has 0 radical (unpaired) electrons. The number of ketones is 1. The number of hydrogen-bond acceptors (Lipinski definition) is 3. The molecule has 0 saturated carbocycles. The van der Waals surface area contributed by atoms with Gasteiger partial charge in [-0.1, -0.05) is 52.7 Å². The van der Waals surface area contributed by atoms with Crippen molar-refractivity contribution >= 4 is 17.7 Å². The van der Waals surface area contributed by atoms with Crippen LogP contribution < -0.4 is 5.32 Å². The fraction of sp³-hybridized carbons (Fsp3) is 0.526. The molecule has 136 valence electrons. The highest BCUT2D eigenvalue weighted by Gasteiger charge is 2.52. The first-order valence-corrected chi connectivity index (χ1v) is 8.55. The van der Waals surface area contributed by atoms with Crippen LogP contribution in [0, 0.1) is 11.2 Å². The van der Waals surface area contributed by atoms with Gasteiger partial charge >= 0.3 is 6.03 Å². The molecule has 0 aromatic heterocycles. The van der Waals surface area contributed by atoms with Gasteiger partial charge in [0.25, 0.3) is 5.91 Å². The van der Waals surface area contributed by atoms with Crippen molar-refractivity contribution in [1.29, 1.82) is 0 Å². The minimum Gasteiger partial charge on any atom is -0.319 e. The number of carbonyl (C=O) groups excluding carboxylic acids is 3. The van der Waals surface area contributed by atoms with Crippen molar-refractivity contribution in [3.05, 3.63) is 35.6 Å². The summed E-state index contributed by atoms with van der Waals surface area (Å²) >= 11 is 0. The van der Waals surface area contributed by atoms with E-state index in [-0.39, 0.29) is 12.3 Å². The highest BCUT2D eigenvalue weighted by Crippen LogP contribution is 2.34. The van der Waals surface area contributed by atoms with Crippen LogP contribution in [0.4, 0.5) is 9.18 Å². The van der Waals surface area contributed by atoms with Crippen molar-refractivity contribution in [2.24, 2.45) is 5.41 Å². The van der Waals surface area contributed by atoms with Gasteiger partial charge in [-0.25, -0.2) is 9.18 Å². The fourth-order valence-electron chi connectivity index (χ4n) is 2.84. The van der Waals surface area contributed by atoms with Gasteiger partial charge in [0.1, 0.15) is 11.4 Å². The van der Waals surface area contributed by atoms with E-state index in [2.05, 4.69) is 5.32 Å². The van der Waals surface area contributed by atoms with Crippen LogP contribution in [0.5, 0.6) is 0 Å². The minimum atomic E-state index is -1.24. The van der Waals surface area contributed by atoms with Gasteiger partial charge in [-0.2, -0.15) is 0 Å². The topological polar surface area (TPSA) is 66.5 Å². The summed E-state index contributed by atoms with van der Waals surface area (Å²) in [4.78, 5) is 38.8. The van der Waals surface area contributed by atoms with E-state index in [9.17, 15) is 18.8 Å². The Morgan fingerprint density at radius 2 is 1.80 bits per heavy atom. The highest BCUT2D eigenvalue weighted by atomic mass is 19.1. The van der Waals surface area contributed by atoms with Gasteiger partial charge in [0.05, 0.1) is 6.54 Å². The summed E-state index contributed by atoms with van der Waals surface area (Å²) in [6.45, 7) is 6.97. The monoisotopic (exact) mass is 348 g/mol. The number of urea groups is 1. The summed E-state index contributed by atoms with van der Waals surface area (Å²) in [7, 11) is 0. The first kappa shape index (κ1) is 19.1. The fourth-order valence-corrected chi connectivity index (χ4v) is 2.84. The number of hydrogen-bond donors (Lipinski definition) is 1. The third-order valence-electron chi connectivity index (χ3n) is 4.56. The average molecular weight is 348 g/mol. The second kappa shape index (κ2) is 6.94. The third kappa shape index (κ3) is 3.72. The number of amides is 3. The molecule has 1 fully saturated rings. The number of benzene rings is 1. The number of carbonyl (C=O) groups is 3. The number of nitrogens with zero attached hydrogens (tertiary/aromatic N) is 1. The van der Waals surface area contributed by atoms with Crippen molar-refractivity contribution < 1.29 is 18.8 Å². The molecule has 2 rings (SSSR count). The molecule has 1 saturated heterocycles. The molecule has 6 heteroatoms. The Morgan fingerprint density at radius 3 is 2.32 bits per heavy atom. The van der Waals surface area contributed by atoms with Crippen LogP contribution >= 0.6 is 0 Å². The second-order valence-corrected chi connectivity index (χ2v) is 7.51. The molecular weight excluding hydrogens is 323 g/mol. The first-order valence-electron chi connectivity index (χ1n) is 8.55. The maximum Gasteiger partial charge on any atom is 0.325 e. The smallest absolute Gasteiger partial charge is 0.319 e. The number of Topliss-reactive ketones (excluding diaryl/α,β-unsaturated/α-hetero) is 1. The predicted octanol–water partition coefficient (Wildman–Crippen LogP) is 3.38. The van der Waals surface area contributed by atoms with E-state index in [1.807, 2.05) is 6.92 Å². The summed E-state index contributed by atoms with van der Waals surface area (Å²) in [6.07, 6.45) is 1.96. The van der Waals surface area contributed by atoms with Crippen molar-refractivity contribution in [2.45, 2.75) is 52.5 Å². The summed E-state index contributed by atoms with van der Waals surface area (Å²) < 4.78 is 13.3. The molecule has 25 heavy (non-hydrogen) atoms. The van der Waals surface area contributed by atoms with Crippen LogP contribution in [0.2, 0.25) is 0 Å². The normalized spacial score (nSPS) is 20.8. The van der Waals surface area contributed by atoms with Crippen LogP contribution in [-0.2, 0) is 15.1 Å². The van der Waals surface area contributed by atoms with E-state index < -0.39 is 28.7 Å². The van der Waals surface area contributed by atoms with Crippen LogP contribution in [0.1, 0.15) is 52.5 Å². The van der Waals surface area contributed by atoms with Gasteiger partial charge in [-0.3, -0.25) is 14.5 Å². The number of imide groups is 1. The molecule has 1 aromatic carbocycles. The maximum absolute atomic E-state index is 13.3. The molecule has 1 aliphatic heterocycles. The lowest BCUT2D eigenvalue weighted by atomic mass is 9.84. The van der Waals surface area contributed by atoms with Crippen molar-refractivity contribution in [3.8, 4) is 0 Å². The lowest BCUT2D eigenvalue weighted by molar-refractivity contribution is -0.137. The number of rotatable bonds is 6. The van der Waals surface area contributed by atoms with Crippen molar-refractivity contribution in [1.82, 2.24) is 10.2 Å². The minimum absolute atomic E-state index is 0.193. The van der Waals surface area contributed by atoms with Crippen molar-refractivity contribution in [2.75, 3.05) is 6.54 Å². The lowest BCUT2D eigenvalue weighted by Crippen LogP contribution is -2.45. The second-order valence-electron chi connectivity index (χ2n) is 7.51. The zero-order valence-electron chi connectivity index (χ0n) is 15.2. The molecule has 3 amide bonds. The Labute approximate surface area is 147 Å². The van der Waals surface area contributed by atoms with Gasteiger partial charge in [-0.05, 0) is 24.1 Å². The van der Waals surface area contributed by atoms with Gasteiger partial charge in [0, 0.05) is 5.41 Å². The highest BCUT2D eigenvalue weighted by molar-refractivity contribution is 6.09. The molecular formula is C19H25FN2O3. The molecule has 0 bridgehead atoms. The van der Waals surface area contributed by atoms with E-state index in [4.69, 9.17) is 0 Å². The summed E-state index contributed by atoms with van der Waals surface area (Å²) in [5.74, 6) is -1.05. The summed E-state index contributed by atoms with van der Waals surface area (Å²) in [5.41, 5.74) is -1.35. The number of unbranched alkanes of at least 4 members (excludes halogenated alkanes) is 1. The quantitative estimate of drug-likeness (QED) is 0.802. The first-order chi connectivity index (χ1) is 11.6. The van der Waals surface area contributed by atoms with Crippen LogP contribution in [-0.4, -0.2) is 29.2 Å². The zero-order valence-corrected chi connectivity index (χ0v) is 15.2. The molecule has 5 nitrogen and oxygen atoms in total. The number of nitrogens with one attached hydrogen (secondary N) is 1. The predicted molar refractivity (Wildman–Crippen MR) is 92.3 cm³/mol. The van der Waals surface area contributed by atoms with Gasteiger partial charge in [0.15, 0.2) is 5.78 Å². The summed E-state index contributed by atoms with van der Waals surface area (Å²) in [5, 5.41) is 2.76.